The second kappa shape index (κ2) is 5.47. The highest BCUT2D eigenvalue weighted by Gasteiger charge is 2.26. The molecule has 2 rings (SSSR count). The van der Waals surface area contributed by atoms with E-state index in [-0.39, 0.29) is 11.9 Å². The second-order valence-corrected chi connectivity index (χ2v) is 4.19. The lowest BCUT2D eigenvalue weighted by Gasteiger charge is -2.30. The molecule has 1 fully saturated rings. The van der Waals surface area contributed by atoms with Gasteiger partial charge in [-0.25, -0.2) is 4.39 Å². The quantitative estimate of drug-likeness (QED) is 0.877. The van der Waals surface area contributed by atoms with Gasteiger partial charge in [-0.3, -0.25) is 0 Å². The van der Waals surface area contributed by atoms with Crippen molar-refractivity contribution >= 4 is 0 Å². The number of nitrogens with one attached hydrogen (secondary N) is 1. The van der Waals surface area contributed by atoms with Crippen molar-refractivity contribution in [3.63, 3.8) is 0 Å². The second-order valence-electron chi connectivity index (χ2n) is 4.19. The number of hydrogen-bond donors (Lipinski definition) is 1. The van der Waals surface area contributed by atoms with Crippen LogP contribution in [-0.4, -0.2) is 26.3 Å². The number of rotatable bonds is 3. The van der Waals surface area contributed by atoms with E-state index in [1.54, 1.807) is 19.2 Å². The van der Waals surface area contributed by atoms with Crippen LogP contribution in [-0.2, 0) is 4.74 Å². The van der Waals surface area contributed by atoms with Crippen molar-refractivity contribution < 1.29 is 13.9 Å². The molecule has 1 aliphatic heterocycles. The summed E-state index contributed by atoms with van der Waals surface area (Å²) >= 11 is 0. The van der Waals surface area contributed by atoms with Gasteiger partial charge in [0.05, 0.1) is 19.3 Å². The molecule has 1 aromatic rings. The third-order valence-electron chi connectivity index (χ3n) is 3.14. The third-order valence-corrected chi connectivity index (χ3v) is 3.14. The summed E-state index contributed by atoms with van der Waals surface area (Å²) in [5.41, 5.74) is 0.511. The van der Waals surface area contributed by atoms with E-state index in [0.29, 0.717) is 30.5 Å². The largest absolute Gasteiger partial charge is 0.496 e. The average molecular weight is 239 g/mol. The van der Waals surface area contributed by atoms with Crippen LogP contribution in [0.3, 0.4) is 0 Å². The molecule has 3 nitrogen and oxygen atoms in total. The Balaban J connectivity index is 2.17. The highest BCUT2D eigenvalue weighted by molar-refractivity contribution is 5.37. The molecule has 0 aliphatic carbocycles. The van der Waals surface area contributed by atoms with Crippen LogP contribution in [0.4, 0.5) is 4.39 Å². The van der Waals surface area contributed by atoms with E-state index in [1.165, 1.54) is 6.07 Å². The van der Waals surface area contributed by atoms with Crippen molar-refractivity contribution in [3.05, 3.63) is 29.6 Å². The molecule has 0 saturated carbocycles. The summed E-state index contributed by atoms with van der Waals surface area (Å²) in [6.45, 7) is 3.33. The van der Waals surface area contributed by atoms with Gasteiger partial charge in [0.1, 0.15) is 17.7 Å². The Morgan fingerprint density at radius 3 is 2.94 bits per heavy atom. The van der Waals surface area contributed by atoms with Gasteiger partial charge in [-0.05, 0) is 18.6 Å². The van der Waals surface area contributed by atoms with Gasteiger partial charge in [0.15, 0.2) is 0 Å². The summed E-state index contributed by atoms with van der Waals surface area (Å²) in [5.74, 6) is 0.276. The predicted molar refractivity (Wildman–Crippen MR) is 63.7 cm³/mol. The van der Waals surface area contributed by atoms with E-state index in [0.717, 1.165) is 6.42 Å². The molecule has 17 heavy (non-hydrogen) atoms. The maximum Gasteiger partial charge on any atom is 0.132 e. The van der Waals surface area contributed by atoms with Crippen LogP contribution in [0.1, 0.15) is 25.0 Å². The minimum Gasteiger partial charge on any atom is -0.496 e. The number of methoxy groups -OCH3 is 1. The normalized spacial score (nSPS) is 24.6. The van der Waals surface area contributed by atoms with Gasteiger partial charge in [-0.2, -0.15) is 0 Å². The fraction of sp³-hybridized carbons (Fsp3) is 0.538. The predicted octanol–water partition coefficient (Wildman–Crippen LogP) is 2.27. The van der Waals surface area contributed by atoms with Crippen molar-refractivity contribution in [1.82, 2.24) is 5.32 Å². The molecule has 1 heterocycles. The minimum atomic E-state index is -0.272. The van der Waals surface area contributed by atoms with Crippen molar-refractivity contribution in [2.45, 2.75) is 25.5 Å². The summed E-state index contributed by atoms with van der Waals surface area (Å²) < 4.78 is 24.7. The third kappa shape index (κ3) is 2.58. The van der Waals surface area contributed by atoms with Crippen LogP contribution < -0.4 is 10.1 Å². The SMILES string of the molecule is CCC1COC(c2c(F)cccc2OC)CN1. The first kappa shape index (κ1) is 12.3. The molecule has 1 aromatic carbocycles. The summed E-state index contributed by atoms with van der Waals surface area (Å²) in [7, 11) is 1.55. The topological polar surface area (TPSA) is 30.5 Å². The standard InChI is InChI=1S/C13H18FNO2/c1-3-9-8-17-12(7-15-9)13-10(14)5-4-6-11(13)16-2/h4-6,9,12,15H,3,7-8H2,1-2H3. The van der Waals surface area contributed by atoms with E-state index in [4.69, 9.17) is 9.47 Å². The minimum absolute atomic E-state index is 0.269. The molecule has 1 N–H and O–H groups in total. The highest BCUT2D eigenvalue weighted by atomic mass is 19.1. The van der Waals surface area contributed by atoms with Crippen molar-refractivity contribution in [1.29, 1.82) is 0 Å². The highest BCUT2D eigenvalue weighted by Crippen LogP contribution is 2.31. The van der Waals surface area contributed by atoms with Crippen LogP contribution in [0.5, 0.6) is 5.75 Å². The Kier molecular flexibility index (Phi) is 3.97. The molecular weight excluding hydrogens is 221 g/mol. The van der Waals surface area contributed by atoms with Gasteiger partial charge >= 0.3 is 0 Å². The van der Waals surface area contributed by atoms with Crippen LogP contribution in [0, 0.1) is 5.82 Å². The molecule has 0 bridgehead atoms. The smallest absolute Gasteiger partial charge is 0.132 e. The van der Waals surface area contributed by atoms with E-state index in [1.807, 2.05) is 0 Å². The number of halogens is 1. The van der Waals surface area contributed by atoms with Gasteiger partial charge in [-0.15, -0.1) is 0 Å². The van der Waals surface area contributed by atoms with E-state index in [9.17, 15) is 4.39 Å². The van der Waals surface area contributed by atoms with Gasteiger partial charge in [0.2, 0.25) is 0 Å². The zero-order valence-electron chi connectivity index (χ0n) is 10.2. The van der Waals surface area contributed by atoms with Crippen molar-refractivity contribution in [2.24, 2.45) is 0 Å². The monoisotopic (exact) mass is 239 g/mol. The maximum absolute atomic E-state index is 13.8. The molecule has 0 spiro atoms. The van der Waals surface area contributed by atoms with Crippen molar-refractivity contribution in [3.8, 4) is 5.75 Å². The molecule has 0 amide bonds. The number of ether oxygens (including phenoxy) is 2. The molecule has 0 aromatic heterocycles. The number of morpholine rings is 1. The Morgan fingerprint density at radius 1 is 1.53 bits per heavy atom. The Bertz CT molecular complexity index is 376. The zero-order chi connectivity index (χ0) is 12.3. The Hall–Kier alpha value is -1.13. The van der Waals surface area contributed by atoms with Gasteiger partial charge in [0.25, 0.3) is 0 Å². The Morgan fingerprint density at radius 2 is 2.35 bits per heavy atom. The van der Waals surface area contributed by atoms with Crippen LogP contribution in [0.2, 0.25) is 0 Å². The lowest BCUT2D eigenvalue weighted by atomic mass is 10.0. The van der Waals surface area contributed by atoms with Gasteiger partial charge in [-0.1, -0.05) is 13.0 Å². The van der Waals surface area contributed by atoms with E-state index in [2.05, 4.69) is 12.2 Å². The molecule has 94 valence electrons. The first-order valence-corrected chi connectivity index (χ1v) is 5.93. The summed E-state index contributed by atoms with van der Waals surface area (Å²) in [6.07, 6.45) is 0.746. The first-order valence-electron chi connectivity index (χ1n) is 5.93. The number of hydrogen-bond acceptors (Lipinski definition) is 3. The molecule has 1 saturated heterocycles. The van der Waals surface area contributed by atoms with Crippen molar-refractivity contribution in [2.75, 3.05) is 20.3 Å². The van der Waals surface area contributed by atoms with Crippen LogP contribution in [0.25, 0.3) is 0 Å². The average Bonchev–Trinajstić information content (AvgIpc) is 2.38. The lowest BCUT2D eigenvalue weighted by molar-refractivity contribution is -0.000868. The van der Waals surface area contributed by atoms with Crippen LogP contribution >= 0.6 is 0 Å². The number of benzene rings is 1. The van der Waals surface area contributed by atoms with Gasteiger partial charge in [0, 0.05) is 12.6 Å². The fourth-order valence-corrected chi connectivity index (χ4v) is 2.08. The summed E-state index contributed by atoms with van der Waals surface area (Å²) in [5, 5.41) is 3.35. The Labute approximate surface area is 101 Å². The summed E-state index contributed by atoms with van der Waals surface area (Å²) in [6, 6.07) is 5.20. The molecule has 4 heteroatoms. The maximum atomic E-state index is 13.8. The fourth-order valence-electron chi connectivity index (χ4n) is 2.08. The first-order chi connectivity index (χ1) is 8.26. The van der Waals surface area contributed by atoms with E-state index < -0.39 is 0 Å². The molecule has 2 unspecified atom stereocenters. The summed E-state index contributed by atoms with van der Waals surface area (Å²) in [4.78, 5) is 0. The molecule has 0 radical (unpaired) electrons. The lowest BCUT2D eigenvalue weighted by Crippen LogP contribution is -2.42. The molecular formula is C13H18FNO2. The van der Waals surface area contributed by atoms with Crippen LogP contribution in [0.15, 0.2) is 18.2 Å². The molecule has 2 atom stereocenters. The van der Waals surface area contributed by atoms with Gasteiger partial charge < -0.3 is 14.8 Å². The zero-order valence-corrected chi connectivity index (χ0v) is 10.2. The van der Waals surface area contributed by atoms with E-state index >= 15 is 0 Å². The molecule has 1 aliphatic rings.